The molecular formula is C19H28F2. The summed E-state index contributed by atoms with van der Waals surface area (Å²) in [5.41, 5.74) is 3.11. The minimum absolute atomic E-state index is 0.0733. The molecular weight excluding hydrogens is 266 g/mol. The predicted molar refractivity (Wildman–Crippen MR) is 87.9 cm³/mol. The fourth-order valence-corrected chi connectivity index (χ4v) is 3.07. The number of halogens is 2. The van der Waals surface area contributed by atoms with Crippen molar-refractivity contribution in [2.45, 2.75) is 72.6 Å². The number of hydrogen-bond donors (Lipinski definition) is 0. The van der Waals surface area contributed by atoms with Crippen molar-refractivity contribution >= 4 is 5.57 Å². The molecule has 0 aliphatic rings. The Morgan fingerprint density at radius 2 is 1.67 bits per heavy atom. The van der Waals surface area contributed by atoms with E-state index >= 15 is 0 Å². The normalized spacial score (nSPS) is 12.1. The summed E-state index contributed by atoms with van der Waals surface area (Å²) in [5, 5.41) is 0. The summed E-state index contributed by atoms with van der Waals surface area (Å²) in [7, 11) is 0. The van der Waals surface area contributed by atoms with Gasteiger partial charge in [-0.2, -0.15) is 0 Å². The summed E-state index contributed by atoms with van der Waals surface area (Å²) < 4.78 is 29.4. The molecule has 21 heavy (non-hydrogen) atoms. The molecule has 0 heterocycles. The second kappa shape index (κ2) is 6.29. The van der Waals surface area contributed by atoms with Crippen LogP contribution in [-0.2, 0) is 11.8 Å². The molecule has 1 aromatic carbocycles. The number of benzene rings is 1. The highest BCUT2D eigenvalue weighted by Gasteiger charge is 2.31. The first-order valence-electron chi connectivity index (χ1n) is 7.74. The zero-order valence-corrected chi connectivity index (χ0v) is 14.5. The molecule has 0 amide bonds. The Balaban J connectivity index is 3.97. The maximum absolute atomic E-state index is 14.7. The molecule has 118 valence electrons. The highest BCUT2D eigenvalue weighted by atomic mass is 19.2. The Kier molecular flexibility index (Phi) is 5.35. The first-order chi connectivity index (χ1) is 9.53. The molecule has 0 N–H and O–H groups in total. The van der Waals surface area contributed by atoms with Gasteiger partial charge >= 0.3 is 0 Å². The second-order valence-corrected chi connectivity index (χ2v) is 7.21. The van der Waals surface area contributed by atoms with Crippen LogP contribution in [-0.4, -0.2) is 0 Å². The molecule has 0 saturated heterocycles. The third kappa shape index (κ3) is 3.36. The van der Waals surface area contributed by atoms with E-state index in [1.165, 1.54) is 0 Å². The van der Waals surface area contributed by atoms with Crippen molar-refractivity contribution in [3.8, 4) is 0 Å². The SMILES string of the molecule is C=C(C)c1c(CCC)c(C(C)(C)C)c(F)c(F)c1C(C)C. The summed E-state index contributed by atoms with van der Waals surface area (Å²) in [6.07, 6.45) is 1.64. The maximum Gasteiger partial charge on any atom is 0.163 e. The fraction of sp³-hybridized carbons (Fsp3) is 0.579. The molecule has 0 bridgehead atoms. The van der Waals surface area contributed by atoms with Gasteiger partial charge in [0.2, 0.25) is 0 Å². The molecule has 0 unspecified atom stereocenters. The Bertz CT molecular complexity index is 546. The zero-order valence-electron chi connectivity index (χ0n) is 14.5. The second-order valence-electron chi connectivity index (χ2n) is 7.21. The monoisotopic (exact) mass is 294 g/mol. The Morgan fingerprint density at radius 3 is 2.00 bits per heavy atom. The Hall–Kier alpha value is -1.18. The van der Waals surface area contributed by atoms with E-state index in [0.717, 1.165) is 29.5 Å². The summed E-state index contributed by atoms with van der Waals surface area (Å²) >= 11 is 0. The number of allylic oxidation sites excluding steroid dienone is 1. The van der Waals surface area contributed by atoms with Crippen LogP contribution in [0.25, 0.3) is 5.57 Å². The van der Waals surface area contributed by atoms with Crippen LogP contribution >= 0.6 is 0 Å². The number of hydrogen-bond acceptors (Lipinski definition) is 0. The van der Waals surface area contributed by atoms with Gasteiger partial charge in [-0.15, -0.1) is 0 Å². The molecule has 0 aromatic heterocycles. The molecule has 0 aliphatic heterocycles. The van der Waals surface area contributed by atoms with Gasteiger partial charge in [0, 0.05) is 11.1 Å². The van der Waals surface area contributed by atoms with Crippen molar-refractivity contribution in [1.82, 2.24) is 0 Å². The van der Waals surface area contributed by atoms with Crippen LogP contribution in [0.15, 0.2) is 6.58 Å². The minimum Gasteiger partial charge on any atom is -0.203 e. The van der Waals surface area contributed by atoms with Crippen LogP contribution in [0, 0.1) is 11.6 Å². The lowest BCUT2D eigenvalue weighted by Gasteiger charge is -2.29. The van der Waals surface area contributed by atoms with E-state index in [-0.39, 0.29) is 5.92 Å². The molecule has 1 rings (SSSR count). The van der Waals surface area contributed by atoms with Crippen molar-refractivity contribution in [3.63, 3.8) is 0 Å². The summed E-state index contributed by atoms with van der Waals surface area (Å²) in [6.45, 7) is 17.6. The van der Waals surface area contributed by atoms with Gasteiger partial charge in [-0.1, -0.05) is 60.1 Å². The Morgan fingerprint density at radius 1 is 1.14 bits per heavy atom. The average Bonchev–Trinajstić information content (AvgIpc) is 2.30. The van der Waals surface area contributed by atoms with Gasteiger partial charge in [-0.3, -0.25) is 0 Å². The lowest BCUT2D eigenvalue weighted by atomic mass is 9.76. The summed E-state index contributed by atoms with van der Waals surface area (Å²) in [6, 6.07) is 0. The molecule has 1 aromatic rings. The summed E-state index contributed by atoms with van der Waals surface area (Å²) in [4.78, 5) is 0. The first kappa shape index (κ1) is 17.9. The third-order valence-corrected chi connectivity index (χ3v) is 3.78. The lowest BCUT2D eigenvalue weighted by Crippen LogP contribution is -2.21. The Labute approximate surface area is 128 Å². The molecule has 0 fully saturated rings. The molecule has 0 nitrogen and oxygen atoms in total. The lowest BCUT2D eigenvalue weighted by molar-refractivity contribution is 0.450. The summed E-state index contributed by atoms with van der Waals surface area (Å²) in [5.74, 6) is -1.46. The molecule has 0 saturated carbocycles. The van der Waals surface area contributed by atoms with E-state index in [2.05, 4.69) is 13.5 Å². The molecule has 0 radical (unpaired) electrons. The number of rotatable bonds is 4. The van der Waals surface area contributed by atoms with Gasteiger partial charge in [0.15, 0.2) is 11.6 Å². The highest BCUT2D eigenvalue weighted by molar-refractivity contribution is 5.70. The smallest absolute Gasteiger partial charge is 0.163 e. The van der Waals surface area contributed by atoms with Gasteiger partial charge in [0.05, 0.1) is 0 Å². The minimum atomic E-state index is -0.701. The average molecular weight is 294 g/mol. The van der Waals surface area contributed by atoms with Crippen molar-refractivity contribution in [1.29, 1.82) is 0 Å². The van der Waals surface area contributed by atoms with E-state index in [1.54, 1.807) is 0 Å². The first-order valence-corrected chi connectivity index (χ1v) is 7.74. The van der Waals surface area contributed by atoms with E-state index in [1.807, 2.05) is 41.5 Å². The quantitative estimate of drug-likeness (QED) is 0.605. The van der Waals surface area contributed by atoms with Crippen LogP contribution < -0.4 is 0 Å². The van der Waals surface area contributed by atoms with E-state index < -0.39 is 17.0 Å². The van der Waals surface area contributed by atoms with Crippen LogP contribution in [0.1, 0.15) is 83.1 Å². The predicted octanol–water partition coefficient (Wildman–Crippen LogP) is 6.37. The van der Waals surface area contributed by atoms with Crippen LogP contribution in [0.4, 0.5) is 8.78 Å². The largest absolute Gasteiger partial charge is 0.203 e. The molecule has 0 aliphatic carbocycles. The van der Waals surface area contributed by atoms with E-state index in [4.69, 9.17) is 0 Å². The van der Waals surface area contributed by atoms with Crippen molar-refractivity contribution in [2.75, 3.05) is 0 Å². The van der Waals surface area contributed by atoms with Crippen LogP contribution in [0.5, 0.6) is 0 Å². The third-order valence-electron chi connectivity index (χ3n) is 3.78. The van der Waals surface area contributed by atoms with Crippen molar-refractivity contribution < 1.29 is 8.78 Å². The van der Waals surface area contributed by atoms with Crippen LogP contribution in [0.3, 0.4) is 0 Å². The van der Waals surface area contributed by atoms with E-state index in [9.17, 15) is 8.78 Å². The van der Waals surface area contributed by atoms with Crippen molar-refractivity contribution in [2.24, 2.45) is 0 Å². The van der Waals surface area contributed by atoms with Gasteiger partial charge in [-0.05, 0) is 35.8 Å². The van der Waals surface area contributed by atoms with Gasteiger partial charge in [0.1, 0.15) is 0 Å². The molecule has 2 heteroatoms. The fourth-order valence-electron chi connectivity index (χ4n) is 3.07. The van der Waals surface area contributed by atoms with Gasteiger partial charge < -0.3 is 0 Å². The van der Waals surface area contributed by atoms with Crippen LogP contribution in [0.2, 0.25) is 0 Å². The molecule has 0 atom stereocenters. The van der Waals surface area contributed by atoms with E-state index in [0.29, 0.717) is 11.1 Å². The van der Waals surface area contributed by atoms with Gasteiger partial charge in [-0.25, -0.2) is 8.78 Å². The van der Waals surface area contributed by atoms with Crippen molar-refractivity contribution in [3.05, 3.63) is 40.5 Å². The molecule has 0 spiro atoms. The van der Waals surface area contributed by atoms with Gasteiger partial charge in [0.25, 0.3) is 0 Å². The maximum atomic E-state index is 14.7. The highest BCUT2D eigenvalue weighted by Crippen LogP contribution is 2.40. The standard InChI is InChI=1S/C19H28F2/c1-9-10-13-14(11(2)3)15(12(4)5)17(20)18(21)16(13)19(6,7)8/h12H,2,9-10H2,1,3-8H3. The topological polar surface area (TPSA) is 0 Å². The zero-order chi connectivity index (χ0) is 16.5.